The predicted octanol–water partition coefficient (Wildman–Crippen LogP) is 3.40. The molecule has 3 aromatic heterocycles. The van der Waals surface area contributed by atoms with Gasteiger partial charge in [-0.15, -0.1) is 11.8 Å². The normalized spacial score (nSPS) is 13.2. The molecule has 3 aromatic rings. The minimum absolute atomic E-state index is 0.170. The van der Waals surface area contributed by atoms with E-state index < -0.39 is 0 Å². The number of aromatic nitrogens is 4. The number of pyridine rings is 2. The van der Waals surface area contributed by atoms with Crippen molar-refractivity contribution in [2.75, 3.05) is 18.1 Å². The largest absolute Gasteiger partial charge is 0.354 e. The molecule has 0 aliphatic rings. The van der Waals surface area contributed by atoms with Crippen LogP contribution in [0.15, 0.2) is 60.1 Å². The zero-order valence-corrected chi connectivity index (χ0v) is 15.6. The molecule has 0 spiro atoms. The molecule has 2 atom stereocenters. The summed E-state index contributed by atoms with van der Waals surface area (Å²) in [5, 5.41) is 3.24. The SMILES string of the molecule is CSc1cnc(NCC(C)C(N)c2ccc(-c3cccnc3)cn2)nc1. The molecule has 0 amide bonds. The second-order valence-electron chi connectivity index (χ2n) is 6.04. The summed E-state index contributed by atoms with van der Waals surface area (Å²) in [6, 6.07) is 7.77. The molecule has 3 rings (SSSR count). The standard InChI is InChI=1S/C19H22N6S/c1-13(8-23-19-24-11-16(26-2)12-25-19)18(20)17-6-5-15(10-22-17)14-4-3-7-21-9-14/h3-7,9-13,18H,8,20H2,1-2H3,(H,23,24,25). The molecule has 134 valence electrons. The number of hydrogen-bond donors (Lipinski definition) is 2. The highest BCUT2D eigenvalue weighted by Gasteiger charge is 2.16. The maximum absolute atomic E-state index is 6.38. The highest BCUT2D eigenvalue weighted by atomic mass is 32.2. The summed E-state index contributed by atoms with van der Waals surface area (Å²) in [5.41, 5.74) is 9.32. The van der Waals surface area contributed by atoms with E-state index in [9.17, 15) is 0 Å². The van der Waals surface area contributed by atoms with Crippen molar-refractivity contribution in [1.82, 2.24) is 19.9 Å². The lowest BCUT2D eigenvalue weighted by Crippen LogP contribution is -2.26. The van der Waals surface area contributed by atoms with Gasteiger partial charge in [0, 0.05) is 53.6 Å². The van der Waals surface area contributed by atoms with Gasteiger partial charge in [-0.05, 0) is 24.3 Å². The zero-order chi connectivity index (χ0) is 18.4. The minimum atomic E-state index is -0.170. The number of nitrogens with one attached hydrogen (secondary N) is 1. The van der Waals surface area contributed by atoms with Crippen LogP contribution >= 0.6 is 11.8 Å². The molecule has 0 aliphatic carbocycles. The van der Waals surface area contributed by atoms with E-state index in [1.54, 1.807) is 18.0 Å². The fraction of sp³-hybridized carbons (Fsp3) is 0.263. The third kappa shape index (κ3) is 4.56. The lowest BCUT2D eigenvalue weighted by atomic mass is 9.98. The van der Waals surface area contributed by atoms with E-state index in [1.165, 1.54) is 0 Å². The first kappa shape index (κ1) is 18.3. The van der Waals surface area contributed by atoms with Gasteiger partial charge in [-0.2, -0.15) is 0 Å². The van der Waals surface area contributed by atoms with Crippen molar-refractivity contribution < 1.29 is 0 Å². The first-order chi connectivity index (χ1) is 12.7. The van der Waals surface area contributed by atoms with Crippen molar-refractivity contribution in [3.8, 4) is 11.1 Å². The third-order valence-corrected chi connectivity index (χ3v) is 4.86. The Morgan fingerprint density at radius 2 is 1.81 bits per heavy atom. The number of hydrogen-bond acceptors (Lipinski definition) is 7. The van der Waals surface area contributed by atoms with Crippen LogP contribution in [0.5, 0.6) is 0 Å². The summed E-state index contributed by atoms with van der Waals surface area (Å²) >= 11 is 1.62. The molecule has 0 aromatic carbocycles. The Kier molecular flexibility index (Phi) is 6.14. The van der Waals surface area contributed by atoms with E-state index in [0.717, 1.165) is 21.7 Å². The lowest BCUT2D eigenvalue weighted by molar-refractivity contribution is 0.482. The number of nitrogens with two attached hydrogens (primary N) is 1. The molecule has 3 heterocycles. The van der Waals surface area contributed by atoms with Gasteiger partial charge in [-0.25, -0.2) is 9.97 Å². The van der Waals surface area contributed by atoms with Gasteiger partial charge in [0.25, 0.3) is 0 Å². The Hall–Kier alpha value is -2.51. The molecule has 2 unspecified atom stereocenters. The van der Waals surface area contributed by atoms with Crippen LogP contribution in [0.2, 0.25) is 0 Å². The maximum Gasteiger partial charge on any atom is 0.222 e. The average molecular weight is 366 g/mol. The van der Waals surface area contributed by atoms with Crippen LogP contribution in [0.3, 0.4) is 0 Å². The molecule has 0 bridgehead atoms. The van der Waals surface area contributed by atoms with Crippen LogP contribution in [0.1, 0.15) is 18.7 Å². The van der Waals surface area contributed by atoms with Crippen molar-refractivity contribution in [2.24, 2.45) is 11.7 Å². The first-order valence-corrected chi connectivity index (χ1v) is 9.61. The van der Waals surface area contributed by atoms with Crippen LogP contribution in [0.4, 0.5) is 5.95 Å². The summed E-state index contributed by atoms with van der Waals surface area (Å²) in [7, 11) is 0. The smallest absolute Gasteiger partial charge is 0.222 e. The molecule has 0 fully saturated rings. The number of nitrogens with zero attached hydrogens (tertiary/aromatic N) is 4. The molecule has 0 radical (unpaired) electrons. The second kappa shape index (κ2) is 8.73. The van der Waals surface area contributed by atoms with E-state index in [-0.39, 0.29) is 12.0 Å². The molecule has 0 aliphatic heterocycles. The Labute approximate surface area is 157 Å². The summed E-state index contributed by atoms with van der Waals surface area (Å²) in [6.07, 6.45) is 11.0. The van der Waals surface area contributed by atoms with Crippen molar-refractivity contribution in [3.63, 3.8) is 0 Å². The summed E-state index contributed by atoms with van der Waals surface area (Å²) in [5.74, 6) is 0.789. The summed E-state index contributed by atoms with van der Waals surface area (Å²) < 4.78 is 0. The van der Waals surface area contributed by atoms with Gasteiger partial charge >= 0.3 is 0 Å². The minimum Gasteiger partial charge on any atom is -0.354 e. The fourth-order valence-corrected chi connectivity index (χ4v) is 2.81. The molecule has 0 saturated heterocycles. The molecule has 3 N–H and O–H groups in total. The summed E-state index contributed by atoms with van der Waals surface area (Å²) in [4.78, 5) is 18.3. The third-order valence-electron chi connectivity index (χ3n) is 4.18. The molecule has 7 heteroatoms. The molecular weight excluding hydrogens is 344 g/mol. The topological polar surface area (TPSA) is 89.6 Å². The van der Waals surface area contributed by atoms with Crippen molar-refractivity contribution in [1.29, 1.82) is 0 Å². The van der Waals surface area contributed by atoms with Crippen molar-refractivity contribution in [2.45, 2.75) is 17.9 Å². The van der Waals surface area contributed by atoms with E-state index in [1.807, 2.05) is 55.3 Å². The van der Waals surface area contributed by atoms with Gasteiger partial charge in [0.2, 0.25) is 5.95 Å². The highest BCUT2D eigenvalue weighted by Crippen LogP contribution is 2.22. The average Bonchev–Trinajstić information content (AvgIpc) is 2.72. The Morgan fingerprint density at radius 3 is 2.42 bits per heavy atom. The van der Waals surface area contributed by atoms with Crippen LogP contribution in [0.25, 0.3) is 11.1 Å². The highest BCUT2D eigenvalue weighted by molar-refractivity contribution is 7.98. The first-order valence-electron chi connectivity index (χ1n) is 8.39. The van der Waals surface area contributed by atoms with Crippen LogP contribution in [0, 0.1) is 5.92 Å². The van der Waals surface area contributed by atoms with Crippen molar-refractivity contribution >= 4 is 17.7 Å². The van der Waals surface area contributed by atoms with Crippen LogP contribution in [-0.4, -0.2) is 32.7 Å². The second-order valence-corrected chi connectivity index (χ2v) is 6.92. The van der Waals surface area contributed by atoms with E-state index in [0.29, 0.717) is 12.5 Å². The van der Waals surface area contributed by atoms with E-state index in [4.69, 9.17) is 5.73 Å². The Bertz CT molecular complexity index is 808. The zero-order valence-electron chi connectivity index (χ0n) is 14.8. The van der Waals surface area contributed by atoms with Crippen LogP contribution < -0.4 is 11.1 Å². The van der Waals surface area contributed by atoms with Crippen molar-refractivity contribution in [3.05, 3.63) is 60.9 Å². The Morgan fingerprint density at radius 1 is 1.04 bits per heavy atom. The lowest BCUT2D eigenvalue weighted by Gasteiger charge is -2.20. The Balaban J connectivity index is 1.59. The van der Waals surface area contributed by atoms with Gasteiger partial charge in [0.15, 0.2) is 0 Å². The number of thioether (sulfide) groups is 1. The molecular formula is C19H22N6S. The van der Waals surface area contributed by atoms with Gasteiger partial charge in [-0.1, -0.05) is 19.1 Å². The number of rotatable bonds is 7. The predicted molar refractivity (Wildman–Crippen MR) is 106 cm³/mol. The fourth-order valence-electron chi connectivity index (χ4n) is 2.49. The van der Waals surface area contributed by atoms with Gasteiger partial charge in [-0.3, -0.25) is 9.97 Å². The number of anilines is 1. The molecule has 6 nitrogen and oxygen atoms in total. The maximum atomic E-state index is 6.38. The summed E-state index contributed by atoms with van der Waals surface area (Å²) in [6.45, 7) is 2.76. The van der Waals surface area contributed by atoms with E-state index in [2.05, 4.69) is 32.2 Å². The quantitative estimate of drug-likeness (QED) is 0.619. The van der Waals surface area contributed by atoms with Gasteiger partial charge < -0.3 is 11.1 Å². The van der Waals surface area contributed by atoms with Crippen LogP contribution in [-0.2, 0) is 0 Å². The van der Waals surface area contributed by atoms with E-state index >= 15 is 0 Å². The van der Waals surface area contributed by atoms with Gasteiger partial charge in [0.1, 0.15) is 0 Å². The monoisotopic (exact) mass is 366 g/mol. The van der Waals surface area contributed by atoms with Gasteiger partial charge in [0.05, 0.1) is 11.7 Å². The molecule has 0 saturated carbocycles. The molecule has 26 heavy (non-hydrogen) atoms.